The van der Waals surface area contributed by atoms with Crippen molar-refractivity contribution >= 4 is 113 Å². The van der Waals surface area contributed by atoms with E-state index in [-0.39, 0.29) is 116 Å². The Labute approximate surface area is 684 Å². The SMILES string of the molecule is C.C.C.CC#CC(=O)N1CCC2(CC(n3nc(-c4cnn(Cc5cccc(Cl)c5)c4)c(C(N)=O)c3N)C2)C1.CC#CC(=O)O.CC(C)(C)OC(=O)N1CCC2(CC(n3nc(-c4cnn(Cc5cccc(Cl)c5)c4)c(C(N)=O)c3N)C2)C1.Cl.Cl.NC(=O)c1c(-c2cnn(Cc3cccc(Cl)c3)c2)nn(C2CC3(CCNC3)C2)c1N. The van der Waals surface area contributed by atoms with Crippen molar-refractivity contribution in [3.05, 3.63) is 158 Å². The van der Waals surface area contributed by atoms with Gasteiger partial charge in [0.15, 0.2) is 0 Å². The topological polar surface area (TPSA) is 413 Å². The van der Waals surface area contributed by atoms with E-state index < -0.39 is 29.3 Å². The molecule has 15 rings (SSSR count). The highest BCUT2D eigenvalue weighted by atomic mass is 35.5. The average molecular weight is 1650 g/mol. The van der Waals surface area contributed by atoms with Gasteiger partial charge in [-0.15, -0.1) is 24.8 Å². The number of nitrogens with zero attached hydrogens (tertiary/aromatic N) is 14. The fraction of sp³-hybridized carbons (Fsp3) is 0.418. The van der Waals surface area contributed by atoms with Crippen molar-refractivity contribution < 1.29 is 38.6 Å². The second-order valence-electron chi connectivity index (χ2n) is 29.7. The zero-order chi connectivity index (χ0) is 77.1. The van der Waals surface area contributed by atoms with Gasteiger partial charge in [0, 0.05) is 89.0 Å². The van der Waals surface area contributed by atoms with E-state index in [4.69, 9.17) is 94.3 Å². The van der Waals surface area contributed by atoms with E-state index in [1.165, 1.54) is 13.3 Å². The summed E-state index contributed by atoms with van der Waals surface area (Å²) in [4.78, 5) is 74.5. The van der Waals surface area contributed by atoms with Gasteiger partial charge < -0.3 is 59.4 Å². The zero-order valence-corrected chi connectivity index (χ0v) is 65.2. The number of carboxylic acids is 1. The van der Waals surface area contributed by atoms with Gasteiger partial charge in [0.1, 0.15) is 56.8 Å². The molecular formula is C79H100Cl5N21O8. The Bertz CT molecular complexity index is 5060. The number of aromatic nitrogens is 12. The van der Waals surface area contributed by atoms with Crippen LogP contribution < -0.4 is 39.7 Å². The molecule has 0 bridgehead atoms. The minimum absolute atomic E-state index is 0. The monoisotopic (exact) mass is 1650 g/mol. The second kappa shape index (κ2) is 37.0. The molecule has 14 N–H and O–H groups in total. The number of anilines is 3. The number of hydrogen-bond acceptors (Lipinski definition) is 17. The van der Waals surface area contributed by atoms with Gasteiger partial charge in [0.25, 0.3) is 23.6 Å². The van der Waals surface area contributed by atoms with Gasteiger partial charge in [-0.05, 0) is 174 Å². The van der Waals surface area contributed by atoms with Crippen molar-refractivity contribution in [2.75, 3.05) is 56.5 Å². The van der Waals surface area contributed by atoms with E-state index in [1.54, 1.807) is 58.5 Å². The van der Waals surface area contributed by atoms with Gasteiger partial charge in [0.2, 0.25) is 0 Å². The quantitative estimate of drug-likeness (QED) is 0.0442. The molecule has 9 aromatic rings. The van der Waals surface area contributed by atoms with Crippen LogP contribution in [0.25, 0.3) is 33.8 Å². The van der Waals surface area contributed by atoms with Crippen molar-refractivity contribution in [3.63, 3.8) is 0 Å². The average Bonchev–Trinajstić information content (AvgIpc) is 1.60. The van der Waals surface area contributed by atoms with Gasteiger partial charge in [-0.1, -0.05) is 105 Å². The molecule has 29 nitrogen and oxygen atoms in total. The van der Waals surface area contributed by atoms with Crippen LogP contribution in [-0.4, -0.2) is 154 Å². The molecule has 0 unspecified atom stereocenters. The third-order valence-corrected chi connectivity index (χ3v) is 21.4. The number of carbonyl (C=O) groups is 6. The molecule has 0 atom stereocenters. The molecule has 6 aromatic heterocycles. The molecule has 5 amide bonds. The van der Waals surface area contributed by atoms with Crippen LogP contribution in [0.2, 0.25) is 15.1 Å². The molecular weight excluding hydrogens is 1550 g/mol. The third kappa shape index (κ3) is 20.3. The predicted molar refractivity (Wildman–Crippen MR) is 443 cm³/mol. The van der Waals surface area contributed by atoms with Crippen LogP contribution >= 0.6 is 59.6 Å². The number of halogens is 5. The number of hydrogen-bond donors (Lipinski definition) is 8. The van der Waals surface area contributed by atoms with Gasteiger partial charge in [-0.25, -0.2) is 23.6 Å². The van der Waals surface area contributed by atoms with E-state index in [9.17, 15) is 28.8 Å². The van der Waals surface area contributed by atoms with Gasteiger partial charge >= 0.3 is 12.1 Å². The Morgan fingerprint density at radius 3 is 1.19 bits per heavy atom. The Balaban J connectivity index is 0.000000223. The highest BCUT2D eigenvalue weighted by molar-refractivity contribution is 6.31. The smallest absolute Gasteiger partial charge is 0.410 e. The summed E-state index contributed by atoms with van der Waals surface area (Å²) in [5, 5.41) is 40.6. The second-order valence-corrected chi connectivity index (χ2v) is 31.0. The fourth-order valence-corrected chi connectivity index (χ4v) is 16.3. The number of benzene rings is 3. The zero-order valence-electron chi connectivity index (χ0n) is 61.3. The van der Waals surface area contributed by atoms with Crippen molar-refractivity contribution in [2.45, 2.75) is 158 Å². The van der Waals surface area contributed by atoms with Gasteiger partial charge in [-0.3, -0.25) is 33.2 Å². The maximum Gasteiger partial charge on any atom is 0.410 e. The summed E-state index contributed by atoms with van der Waals surface area (Å²) in [5.41, 5.74) is 43.1. The number of nitrogens with one attached hydrogen (secondary N) is 1. The largest absolute Gasteiger partial charge is 0.472 e. The van der Waals surface area contributed by atoms with E-state index >= 15 is 0 Å². The van der Waals surface area contributed by atoms with E-state index in [2.05, 4.69) is 38.4 Å². The molecule has 6 fully saturated rings. The van der Waals surface area contributed by atoms with Crippen LogP contribution in [-0.2, 0) is 34.0 Å². The van der Waals surface area contributed by atoms with Crippen LogP contribution in [0, 0.1) is 39.9 Å². The first-order chi connectivity index (χ1) is 51.4. The van der Waals surface area contributed by atoms with E-state index in [0.717, 1.165) is 81.1 Å². The fourth-order valence-electron chi connectivity index (χ4n) is 15.7. The summed E-state index contributed by atoms with van der Waals surface area (Å²) < 4.78 is 16.0. The molecule has 3 spiro atoms. The van der Waals surface area contributed by atoms with Gasteiger partial charge in [0.05, 0.1) is 56.4 Å². The summed E-state index contributed by atoms with van der Waals surface area (Å²) in [6, 6.07) is 23.0. The number of ether oxygens (including phenoxy) is 1. The maximum atomic E-state index is 12.5. The number of carboxylic acid groups (broad SMARTS) is 1. The molecule has 113 heavy (non-hydrogen) atoms. The van der Waals surface area contributed by atoms with E-state index in [1.807, 2.05) is 123 Å². The van der Waals surface area contributed by atoms with Crippen LogP contribution in [0.1, 0.15) is 181 Å². The number of carbonyl (C=O) groups excluding carboxylic acids is 5. The Hall–Kier alpha value is -10.5. The Morgan fingerprint density at radius 2 is 0.885 bits per heavy atom. The number of primary amides is 3. The van der Waals surface area contributed by atoms with Crippen molar-refractivity contribution in [1.82, 2.24) is 73.8 Å². The first-order valence-electron chi connectivity index (χ1n) is 35.3. The summed E-state index contributed by atoms with van der Waals surface area (Å²) in [7, 11) is 0. The van der Waals surface area contributed by atoms with Crippen LogP contribution in [0.15, 0.2) is 110 Å². The number of nitrogen functional groups attached to an aromatic ring is 3. The summed E-state index contributed by atoms with van der Waals surface area (Å²) in [6.07, 6.45) is 18.5. The molecule has 604 valence electrons. The van der Waals surface area contributed by atoms with Crippen molar-refractivity contribution in [1.29, 1.82) is 0 Å². The molecule has 0 radical (unpaired) electrons. The van der Waals surface area contributed by atoms with Crippen LogP contribution in [0.4, 0.5) is 22.2 Å². The maximum absolute atomic E-state index is 12.5. The molecule has 3 saturated heterocycles. The Kier molecular flexibility index (Phi) is 29.3. The Morgan fingerprint density at radius 1 is 0.540 bits per heavy atom. The summed E-state index contributed by atoms with van der Waals surface area (Å²) in [5.74, 6) is 7.21. The molecule has 3 aliphatic carbocycles. The minimum Gasteiger partial charge on any atom is -0.472 e. The highest BCUT2D eigenvalue weighted by Crippen LogP contribution is 2.57. The first-order valence-corrected chi connectivity index (χ1v) is 36.5. The minimum atomic E-state index is -1.07. The molecule has 3 aliphatic heterocycles. The number of amides is 5. The van der Waals surface area contributed by atoms with Gasteiger partial charge in [-0.2, -0.15) is 30.6 Å². The van der Waals surface area contributed by atoms with Crippen LogP contribution in [0.3, 0.4) is 0 Å². The first kappa shape index (κ1) is 89.7. The lowest BCUT2D eigenvalue weighted by molar-refractivity contribution is -0.130. The van der Waals surface area contributed by atoms with Crippen molar-refractivity contribution in [2.24, 2.45) is 33.4 Å². The lowest BCUT2D eigenvalue weighted by Crippen LogP contribution is -2.43. The standard InChI is InChI=1S/C26H32ClN7O3.C25H26ClN7O2.C21H24ClN7O.C4H4O2.3CH4.2ClH/c1-25(2,3)37-24(36)32-8-7-26(15-32)10-19(11-26)34-22(28)20(23(29)35)21(31-34)17-12-30-33(14-17)13-16-5-4-6-18(27)9-16;1-2-4-20(34)31-8-7-25(15-31)10-19(11-25)33-23(27)21(24(28)35)22(30-33)17-12-29-32(14-17)13-16-5-3-6-18(26)9-16;22-15-3-1-2-13(6-15)10-28-11-14(9-26-28)18-17(20(24)30)19(23)29(27-18)16-7-21(8-16)4-5-25-12-21;1-2-3-4(5)6;;;;;/h4-6,9,12,14,19H,7-8,10-11,13,15,28H2,1-3H3,(H2,29,35);3,5-6,9,12,14,19H,7-8,10-11,13,15,27H2,1H3,(H2,28,35);1-3,6,9,11,16,25H,4-5,7-8,10,12,23H2,(H2,24,30);1H3,(H,5,6);3*1H4;2*1H. The number of aliphatic carboxylic acids is 1. The number of nitrogens with two attached hydrogens (primary N) is 6. The molecule has 6 aliphatic rings. The highest BCUT2D eigenvalue weighted by Gasteiger charge is 2.53. The van der Waals surface area contributed by atoms with Crippen molar-refractivity contribution in [3.8, 4) is 57.5 Å². The normalized spacial score (nSPS) is 19.9. The summed E-state index contributed by atoms with van der Waals surface area (Å²) >= 11 is 18.3. The van der Waals surface area contributed by atoms with Crippen LogP contribution in [0.5, 0.6) is 0 Å². The number of likely N-dealkylation sites (tertiary alicyclic amines) is 2. The molecule has 3 saturated carbocycles. The molecule has 9 heterocycles. The predicted octanol–water partition coefficient (Wildman–Crippen LogP) is 12.1. The lowest BCUT2D eigenvalue weighted by atomic mass is 9.65. The molecule has 34 heteroatoms. The lowest BCUT2D eigenvalue weighted by Gasteiger charge is -2.45. The number of rotatable bonds is 15. The molecule has 3 aromatic carbocycles. The summed E-state index contributed by atoms with van der Waals surface area (Å²) in [6.45, 7) is 15.1. The third-order valence-electron chi connectivity index (χ3n) is 20.7. The van der Waals surface area contributed by atoms with E-state index in [0.29, 0.717) is 106 Å².